The van der Waals surface area contributed by atoms with Gasteiger partial charge in [-0.05, 0) is 56.7 Å². The van der Waals surface area contributed by atoms with Crippen molar-refractivity contribution in [3.63, 3.8) is 0 Å². The van der Waals surface area contributed by atoms with Gasteiger partial charge in [0.2, 0.25) is 0 Å². The molecule has 0 N–H and O–H groups in total. The molecule has 2 aromatic rings. The Hall–Kier alpha value is -1.70. The van der Waals surface area contributed by atoms with E-state index in [2.05, 4.69) is 43.9 Å². The van der Waals surface area contributed by atoms with Gasteiger partial charge >= 0.3 is 0 Å². The van der Waals surface area contributed by atoms with Gasteiger partial charge in [0.1, 0.15) is 5.76 Å². The fourth-order valence-corrected chi connectivity index (χ4v) is 2.14. The summed E-state index contributed by atoms with van der Waals surface area (Å²) in [5.74, 6) is 0.939. The minimum atomic E-state index is 0.939. The molecule has 90 valence electrons. The van der Waals surface area contributed by atoms with Crippen molar-refractivity contribution in [2.24, 2.45) is 0 Å². The van der Waals surface area contributed by atoms with Crippen LogP contribution in [-0.4, -0.2) is 13.1 Å². The highest BCUT2D eigenvalue weighted by Gasteiger charge is 2.07. The molecule has 0 bridgehead atoms. The molecule has 0 aliphatic carbocycles. The van der Waals surface area contributed by atoms with Crippen LogP contribution >= 0.6 is 0 Å². The quantitative estimate of drug-likeness (QED) is 0.784. The van der Waals surface area contributed by atoms with E-state index in [4.69, 9.17) is 4.42 Å². The third kappa shape index (κ3) is 2.36. The number of hydrogen-bond donors (Lipinski definition) is 0. The van der Waals surface area contributed by atoms with Crippen molar-refractivity contribution in [3.8, 4) is 11.3 Å². The zero-order chi connectivity index (χ0) is 12.3. The van der Waals surface area contributed by atoms with Crippen LogP contribution in [0.1, 0.15) is 19.4 Å². The average molecular weight is 229 g/mol. The maximum absolute atomic E-state index is 5.44. The van der Waals surface area contributed by atoms with Crippen LogP contribution in [0.5, 0.6) is 0 Å². The van der Waals surface area contributed by atoms with E-state index in [1.54, 1.807) is 6.26 Å². The van der Waals surface area contributed by atoms with Gasteiger partial charge in [-0.25, -0.2) is 0 Å². The van der Waals surface area contributed by atoms with Gasteiger partial charge in [0.15, 0.2) is 0 Å². The Balaban J connectivity index is 2.35. The highest BCUT2D eigenvalue weighted by molar-refractivity contribution is 5.66. The minimum Gasteiger partial charge on any atom is -0.464 e. The Morgan fingerprint density at radius 1 is 1.12 bits per heavy atom. The summed E-state index contributed by atoms with van der Waals surface area (Å²) in [4.78, 5) is 2.35. The Kier molecular flexibility index (Phi) is 3.52. The molecule has 1 heterocycles. The topological polar surface area (TPSA) is 16.4 Å². The van der Waals surface area contributed by atoms with E-state index < -0.39 is 0 Å². The summed E-state index contributed by atoms with van der Waals surface area (Å²) in [6.45, 7) is 8.56. The monoisotopic (exact) mass is 229 g/mol. The van der Waals surface area contributed by atoms with Crippen LogP contribution in [0.2, 0.25) is 0 Å². The summed E-state index contributed by atoms with van der Waals surface area (Å²) < 4.78 is 5.44. The lowest BCUT2D eigenvalue weighted by atomic mass is 10.1. The SMILES string of the molecule is CCN(CC)c1ccc(-c2ccco2)c(C)c1. The first kappa shape index (κ1) is 11.8. The predicted octanol–water partition coefficient (Wildman–Crippen LogP) is 4.10. The molecule has 0 fully saturated rings. The molecule has 2 rings (SSSR count). The number of anilines is 1. The summed E-state index contributed by atoms with van der Waals surface area (Å²) in [5, 5.41) is 0. The van der Waals surface area contributed by atoms with Crippen LogP contribution < -0.4 is 4.90 Å². The maximum atomic E-state index is 5.44. The van der Waals surface area contributed by atoms with Crippen LogP contribution in [-0.2, 0) is 0 Å². The molecule has 0 aliphatic rings. The summed E-state index contributed by atoms with van der Waals surface area (Å²) in [6, 6.07) is 10.5. The van der Waals surface area contributed by atoms with Gasteiger partial charge in [-0.15, -0.1) is 0 Å². The highest BCUT2D eigenvalue weighted by atomic mass is 16.3. The third-order valence-electron chi connectivity index (χ3n) is 3.13. The fourth-order valence-electron chi connectivity index (χ4n) is 2.14. The lowest BCUT2D eigenvalue weighted by molar-refractivity contribution is 0.582. The first-order valence-corrected chi connectivity index (χ1v) is 6.15. The van der Waals surface area contributed by atoms with E-state index in [1.165, 1.54) is 16.8 Å². The average Bonchev–Trinajstić information content (AvgIpc) is 2.84. The molecule has 0 saturated heterocycles. The second-order valence-electron chi connectivity index (χ2n) is 4.15. The Labute approximate surface area is 103 Å². The van der Waals surface area contributed by atoms with Gasteiger partial charge in [-0.1, -0.05) is 0 Å². The molecule has 1 aromatic heterocycles. The van der Waals surface area contributed by atoms with Crippen molar-refractivity contribution < 1.29 is 4.42 Å². The molecule has 0 unspecified atom stereocenters. The van der Waals surface area contributed by atoms with Gasteiger partial charge in [0.05, 0.1) is 6.26 Å². The van der Waals surface area contributed by atoms with E-state index in [9.17, 15) is 0 Å². The number of hydrogen-bond acceptors (Lipinski definition) is 2. The predicted molar refractivity (Wildman–Crippen MR) is 72.4 cm³/mol. The van der Waals surface area contributed by atoms with Crippen LogP contribution in [0.4, 0.5) is 5.69 Å². The Bertz CT molecular complexity index is 470. The maximum Gasteiger partial charge on any atom is 0.134 e. The number of rotatable bonds is 4. The zero-order valence-electron chi connectivity index (χ0n) is 10.7. The standard InChI is InChI=1S/C15H19NO/c1-4-16(5-2)13-8-9-14(12(3)11-13)15-7-6-10-17-15/h6-11H,4-5H2,1-3H3. The molecule has 0 amide bonds. The largest absolute Gasteiger partial charge is 0.464 e. The lowest BCUT2D eigenvalue weighted by Gasteiger charge is -2.22. The van der Waals surface area contributed by atoms with Crippen molar-refractivity contribution in [1.29, 1.82) is 0 Å². The molecule has 2 nitrogen and oxygen atoms in total. The summed E-state index contributed by atoms with van der Waals surface area (Å²) in [7, 11) is 0. The highest BCUT2D eigenvalue weighted by Crippen LogP contribution is 2.27. The molecule has 0 spiro atoms. The van der Waals surface area contributed by atoms with Crippen molar-refractivity contribution in [3.05, 3.63) is 42.2 Å². The van der Waals surface area contributed by atoms with Gasteiger partial charge in [-0.3, -0.25) is 0 Å². The third-order valence-corrected chi connectivity index (χ3v) is 3.13. The molecular weight excluding hydrogens is 210 g/mol. The molecule has 0 aliphatic heterocycles. The van der Waals surface area contributed by atoms with Crippen molar-refractivity contribution in [2.45, 2.75) is 20.8 Å². The van der Waals surface area contributed by atoms with E-state index in [0.29, 0.717) is 0 Å². The minimum absolute atomic E-state index is 0.939. The first-order valence-electron chi connectivity index (χ1n) is 6.15. The van der Waals surface area contributed by atoms with Crippen molar-refractivity contribution in [2.75, 3.05) is 18.0 Å². The van der Waals surface area contributed by atoms with E-state index in [1.807, 2.05) is 12.1 Å². The summed E-state index contributed by atoms with van der Waals surface area (Å²) in [5.41, 5.74) is 3.71. The van der Waals surface area contributed by atoms with E-state index in [0.717, 1.165) is 18.8 Å². The summed E-state index contributed by atoms with van der Waals surface area (Å²) >= 11 is 0. The number of furan rings is 1. The zero-order valence-corrected chi connectivity index (χ0v) is 10.7. The van der Waals surface area contributed by atoms with Gasteiger partial charge < -0.3 is 9.32 Å². The molecular formula is C15H19NO. The van der Waals surface area contributed by atoms with Gasteiger partial charge in [-0.2, -0.15) is 0 Å². The Morgan fingerprint density at radius 2 is 1.88 bits per heavy atom. The van der Waals surface area contributed by atoms with Gasteiger partial charge in [0, 0.05) is 24.3 Å². The smallest absolute Gasteiger partial charge is 0.134 e. The van der Waals surface area contributed by atoms with Crippen molar-refractivity contribution >= 4 is 5.69 Å². The fraction of sp³-hybridized carbons (Fsp3) is 0.333. The van der Waals surface area contributed by atoms with Crippen LogP contribution in [0, 0.1) is 6.92 Å². The van der Waals surface area contributed by atoms with Gasteiger partial charge in [0.25, 0.3) is 0 Å². The van der Waals surface area contributed by atoms with Crippen molar-refractivity contribution in [1.82, 2.24) is 0 Å². The van der Waals surface area contributed by atoms with Crippen LogP contribution in [0.15, 0.2) is 41.0 Å². The molecule has 17 heavy (non-hydrogen) atoms. The van der Waals surface area contributed by atoms with Crippen LogP contribution in [0.3, 0.4) is 0 Å². The van der Waals surface area contributed by atoms with Crippen LogP contribution in [0.25, 0.3) is 11.3 Å². The normalized spacial score (nSPS) is 10.5. The van der Waals surface area contributed by atoms with E-state index >= 15 is 0 Å². The summed E-state index contributed by atoms with van der Waals surface area (Å²) in [6.07, 6.45) is 1.72. The lowest BCUT2D eigenvalue weighted by Crippen LogP contribution is -2.21. The first-order chi connectivity index (χ1) is 8.26. The molecule has 0 saturated carbocycles. The molecule has 0 atom stereocenters. The Morgan fingerprint density at radius 3 is 2.41 bits per heavy atom. The second kappa shape index (κ2) is 5.09. The van der Waals surface area contributed by atoms with E-state index in [-0.39, 0.29) is 0 Å². The molecule has 0 radical (unpaired) electrons. The molecule has 1 aromatic carbocycles. The molecule has 2 heteroatoms. The number of benzene rings is 1. The number of nitrogens with zero attached hydrogens (tertiary/aromatic N) is 1. The number of aryl methyl sites for hydroxylation is 1. The second-order valence-corrected chi connectivity index (χ2v) is 4.15.